The van der Waals surface area contributed by atoms with Crippen molar-refractivity contribution in [3.05, 3.63) is 83.4 Å². The van der Waals surface area contributed by atoms with Gasteiger partial charge >= 0.3 is 0 Å². The van der Waals surface area contributed by atoms with Crippen LogP contribution in [0.15, 0.2) is 64.4 Å². The van der Waals surface area contributed by atoms with Gasteiger partial charge in [-0.25, -0.2) is 34.4 Å². The molecule has 2 N–H and O–H groups in total. The number of hydrogen-bond acceptors (Lipinski definition) is 4. The molecule has 3 rings (SSSR count). The fraction of sp³-hybridized carbons (Fsp3) is 0.0526. The molecule has 0 radical (unpaired) electrons. The molecule has 0 unspecified atom stereocenters. The first kappa shape index (κ1) is 22.6. The molecule has 3 aromatic rings. The molecule has 0 aliphatic heterocycles. The molecule has 0 amide bonds. The van der Waals surface area contributed by atoms with Gasteiger partial charge in [-0.05, 0) is 48.9 Å². The number of nitrogens with one attached hydrogen (secondary N) is 2. The number of halogens is 4. The SMILES string of the molecule is Cc1ccc(NS(=O)(=O)c2ccc(F)c(F)c2F)cc1S(=O)(=O)Nc1ccccc1F. The van der Waals surface area contributed by atoms with Crippen molar-refractivity contribution < 1.29 is 34.4 Å². The van der Waals surface area contributed by atoms with E-state index in [1.165, 1.54) is 37.3 Å². The van der Waals surface area contributed by atoms with Crippen LogP contribution in [0.4, 0.5) is 28.9 Å². The fourth-order valence-corrected chi connectivity index (χ4v) is 5.08. The molecule has 0 spiro atoms. The van der Waals surface area contributed by atoms with Gasteiger partial charge in [-0.2, -0.15) is 0 Å². The highest BCUT2D eigenvalue weighted by Crippen LogP contribution is 2.27. The van der Waals surface area contributed by atoms with Gasteiger partial charge < -0.3 is 0 Å². The predicted molar refractivity (Wildman–Crippen MR) is 106 cm³/mol. The summed E-state index contributed by atoms with van der Waals surface area (Å²) in [4.78, 5) is -1.55. The monoisotopic (exact) mass is 474 g/mol. The van der Waals surface area contributed by atoms with Crippen LogP contribution in [-0.4, -0.2) is 16.8 Å². The van der Waals surface area contributed by atoms with Crippen LogP contribution in [0, 0.1) is 30.2 Å². The van der Waals surface area contributed by atoms with E-state index in [-0.39, 0.29) is 21.8 Å². The number of rotatable bonds is 6. The summed E-state index contributed by atoms with van der Waals surface area (Å²) >= 11 is 0. The normalized spacial score (nSPS) is 11.9. The Labute approximate surface area is 175 Å². The molecule has 0 aromatic heterocycles. The summed E-state index contributed by atoms with van der Waals surface area (Å²) in [6, 6.07) is 9.36. The first-order valence-corrected chi connectivity index (χ1v) is 11.4. The molecule has 3 aromatic carbocycles. The zero-order valence-corrected chi connectivity index (χ0v) is 17.3. The number of sulfonamides is 2. The van der Waals surface area contributed by atoms with Crippen LogP contribution in [0.25, 0.3) is 0 Å². The first-order chi connectivity index (χ1) is 14.4. The van der Waals surface area contributed by atoms with Crippen molar-refractivity contribution in [2.45, 2.75) is 16.7 Å². The van der Waals surface area contributed by atoms with Gasteiger partial charge in [0, 0.05) is 0 Å². The summed E-state index contributed by atoms with van der Waals surface area (Å²) < 4.78 is 108. The van der Waals surface area contributed by atoms with E-state index in [1.54, 1.807) is 0 Å². The Hall–Kier alpha value is -3.12. The van der Waals surface area contributed by atoms with Crippen molar-refractivity contribution >= 4 is 31.4 Å². The average molecular weight is 474 g/mol. The molecule has 164 valence electrons. The molecule has 0 aliphatic carbocycles. The lowest BCUT2D eigenvalue weighted by molar-refractivity contribution is 0.432. The number of anilines is 2. The molecule has 0 saturated carbocycles. The second-order valence-corrected chi connectivity index (χ2v) is 9.65. The van der Waals surface area contributed by atoms with Crippen molar-refractivity contribution in [1.29, 1.82) is 0 Å². The predicted octanol–water partition coefficient (Wildman–Crippen LogP) is 4.15. The minimum atomic E-state index is -4.73. The van der Waals surface area contributed by atoms with Gasteiger partial charge in [0.15, 0.2) is 17.5 Å². The molecule has 6 nitrogen and oxygen atoms in total. The minimum absolute atomic E-state index is 0.200. The lowest BCUT2D eigenvalue weighted by Gasteiger charge is -2.14. The second-order valence-electron chi connectivity index (χ2n) is 6.34. The van der Waals surface area contributed by atoms with Gasteiger partial charge in [-0.3, -0.25) is 9.44 Å². The Balaban J connectivity index is 1.98. The summed E-state index contributed by atoms with van der Waals surface area (Å²) in [7, 11) is -9.07. The Bertz CT molecular complexity index is 1380. The zero-order valence-electron chi connectivity index (χ0n) is 15.7. The van der Waals surface area contributed by atoms with Crippen LogP contribution < -0.4 is 9.44 Å². The third-order valence-electron chi connectivity index (χ3n) is 4.14. The number of benzene rings is 3. The van der Waals surface area contributed by atoms with E-state index >= 15 is 0 Å². The van der Waals surface area contributed by atoms with E-state index in [1.807, 2.05) is 4.72 Å². The summed E-state index contributed by atoms with van der Waals surface area (Å²) in [5.41, 5.74) is -0.425. The number of aryl methyl sites for hydroxylation is 1. The van der Waals surface area contributed by atoms with Crippen LogP contribution in [0.1, 0.15) is 5.56 Å². The fourth-order valence-electron chi connectivity index (χ4n) is 2.62. The maximum atomic E-state index is 13.9. The Morgan fingerprint density at radius 3 is 2.00 bits per heavy atom. The minimum Gasteiger partial charge on any atom is -0.279 e. The van der Waals surface area contributed by atoms with Gasteiger partial charge in [0.25, 0.3) is 20.0 Å². The second kappa shape index (κ2) is 8.19. The van der Waals surface area contributed by atoms with Crippen molar-refractivity contribution in [2.75, 3.05) is 9.44 Å². The molecular formula is C19H14F4N2O4S2. The smallest absolute Gasteiger partial charge is 0.264 e. The zero-order chi connectivity index (χ0) is 23.0. The number of para-hydroxylation sites is 1. The van der Waals surface area contributed by atoms with Crippen LogP contribution in [-0.2, 0) is 20.0 Å². The maximum absolute atomic E-state index is 13.9. The molecule has 0 heterocycles. The van der Waals surface area contributed by atoms with Crippen LogP contribution >= 0.6 is 0 Å². The number of hydrogen-bond donors (Lipinski definition) is 2. The summed E-state index contributed by atoms with van der Waals surface area (Å²) in [5.74, 6) is -6.29. The van der Waals surface area contributed by atoms with Gasteiger partial charge in [0.05, 0.1) is 16.3 Å². The van der Waals surface area contributed by atoms with E-state index in [2.05, 4.69) is 4.72 Å². The Morgan fingerprint density at radius 1 is 0.677 bits per heavy atom. The Kier molecular flexibility index (Phi) is 5.96. The highest BCUT2D eigenvalue weighted by Gasteiger charge is 2.25. The molecular weight excluding hydrogens is 460 g/mol. The molecule has 31 heavy (non-hydrogen) atoms. The largest absolute Gasteiger partial charge is 0.279 e. The lowest BCUT2D eigenvalue weighted by Crippen LogP contribution is -2.18. The highest BCUT2D eigenvalue weighted by molar-refractivity contribution is 7.93. The Morgan fingerprint density at radius 2 is 1.32 bits per heavy atom. The molecule has 0 saturated heterocycles. The van der Waals surface area contributed by atoms with Crippen LogP contribution in [0.5, 0.6) is 0 Å². The van der Waals surface area contributed by atoms with E-state index < -0.39 is 48.2 Å². The lowest BCUT2D eigenvalue weighted by atomic mass is 10.2. The van der Waals surface area contributed by atoms with E-state index in [0.717, 1.165) is 12.1 Å². The molecule has 0 aliphatic rings. The summed E-state index contributed by atoms with van der Waals surface area (Å²) in [6.07, 6.45) is 0. The van der Waals surface area contributed by atoms with E-state index in [4.69, 9.17) is 0 Å². The summed E-state index contributed by atoms with van der Waals surface area (Å²) in [5, 5.41) is 0. The maximum Gasteiger partial charge on any atom is 0.264 e. The first-order valence-electron chi connectivity index (χ1n) is 8.47. The third-order valence-corrected chi connectivity index (χ3v) is 7.04. The topological polar surface area (TPSA) is 92.3 Å². The van der Waals surface area contributed by atoms with Crippen molar-refractivity contribution in [2.24, 2.45) is 0 Å². The standard InChI is InChI=1S/C19H14F4N2O4S2/c1-11-6-7-12(24-30(26,27)16-9-8-14(21)18(22)19(16)23)10-17(11)31(28,29)25-15-5-3-2-4-13(15)20/h2-10,24-25H,1H3. The van der Waals surface area contributed by atoms with Gasteiger partial charge in [-0.1, -0.05) is 18.2 Å². The summed E-state index contributed by atoms with van der Waals surface area (Å²) in [6.45, 7) is 1.42. The van der Waals surface area contributed by atoms with Gasteiger partial charge in [0.2, 0.25) is 0 Å². The molecule has 0 bridgehead atoms. The van der Waals surface area contributed by atoms with Crippen molar-refractivity contribution in [3.8, 4) is 0 Å². The van der Waals surface area contributed by atoms with Crippen molar-refractivity contribution in [3.63, 3.8) is 0 Å². The molecule has 0 fully saturated rings. The van der Waals surface area contributed by atoms with Crippen molar-refractivity contribution in [1.82, 2.24) is 0 Å². The molecule has 12 heteroatoms. The van der Waals surface area contributed by atoms with E-state index in [9.17, 15) is 34.4 Å². The van der Waals surface area contributed by atoms with Crippen LogP contribution in [0.2, 0.25) is 0 Å². The van der Waals surface area contributed by atoms with Crippen LogP contribution in [0.3, 0.4) is 0 Å². The van der Waals surface area contributed by atoms with Gasteiger partial charge in [0.1, 0.15) is 10.7 Å². The molecule has 0 atom stereocenters. The average Bonchev–Trinajstić information content (AvgIpc) is 2.69. The quantitative estimate of drug-likeness (QED) is 0.415. The highest BCUT2D eigenvalue weighted by atomic mass is 32.2. The van der Waals surface area contributed by atoms with E-state index in [0.29, 0.717) is 12.1 Å². The third kappa shape index (κ3) is 4.64. The van der Waals surface area contributed by atoms with Gasteiger partial charge in [-0.15, -0.1) is 0 Å².